The molecule has 3 aromatic rings. The molecule has 0 saturated carbocycles. The summed E-state index contributed by atoms with van der Waals surface area (Å²) in [6.45, 7) is 8.31. The second kappa shape index (κ2) is 3.74. The van der Waals surface area contributed by atoms with E-state index in [0.717, 1.165) is 0 Å². The summed E-state index contributed by atoms with van der Waals surface area (Å²) in [6, 6.07) is 15.0. The Kier molecular flexibility index (Phi) is 2.30. The molecule has 0 atom stereocenters. The highest BCUT2D eigenvalue weighted by Crippen LogP contribution is 2.31. The van der Waals surface area contributed by atoms with Gasteiger partial charge in [-0.2, -0.15) is 0 Å². The molecule has 18 heavy (non-hydrogen) atoms. The minimum Gasteiger partial charge on any atom is -0.355 e. The number of allylic oxidation sites excluding steroid dienone is 1. The van der Waals surface area contributed by atoms with Gasteiger partial charge in [-0.25, -0.2) is 0 Å². The number of benzene rings is 2. The van der Waals surface area contributed by atoms with Crippen molar-refractivity contribution < 1.29 is 0 Å². The van der Waals surface area contributed by atoms with E-state index in [1.165, 1.54) is 27.4 Å². The van der Waals surface area contributed by atoms with Crippen LogP contribution in [0.25, 0.3) is 21.8 Å². The molecule has 1 nitrogen and oxygen atoms in total. The Hall–Kier alpha value is -2.02. The standard InChI is InChI=1S/C17H17N/c1-4-17(2,3)12-9-10-16-14(11-12)13-7-5-6-8-15(13)18-16/h4-11,18H,1H2,2-3H3. The summed E-state index contributed by atoms with van der Waals surface area (Å²) < 4.78 is 0. The number of para-hydroxylation sites is 1. The van der Waals surface area contributed by atoms with Crippen molar-refractivity contribution in [3.8, 4) is 0 Å². The van der Waals surface area contributed by atoms with Crippen LogP contribution in [0.4, 0.5) is 0 Å². The van der Waals surface area contributed by atoms with Crippen LogP contribution in [0.2, 0.25) is 0 Å². The number of hydrogen-bond donors (Lipinski definition) is 1. The summed E-state index contributed by atoms with van der Waals surface area (Å²) in [5.74, 6) is 0. The van der Waals surface area contributed by atoms with E-state index in [-0.39, 0.29) is 5.41 Å². The quantitative estimate of drug-likeness (QED) is 0.615. The number of nitrogens with one attached hydrogen (secondary N) is 1. The fraction of sp³-hybridized carbons (Fsp3) is 0.176. The van der Waals surface area contributed by atoms with E-state index in [9.17, 15) is 0 Å². The number of rotatable bonds is 2. The molecular weight excluding hydrogens is 218 g/mol. The lowest BCUT2D eigenvalue weighted by Crippen LogP contribution is -2.12. The molecule has 0 aliphatic heterocycles. The zero-order valence-electron chi connectivity index (χ0n) is 10.8. The maximum Gasteiger partial charge on any atom is 0.0465 e. The van der Waals surface area contributed by atoms with E-state index in [4.69, 9.17) is 0 Å². The topological polar surface area (TPSA) is 15.8 Å². The van der Waals surface area contributed by atoms with Crippen molar-refractivity contribution in [2.24, 2.45) is 0 Å². The van der Waals surface area contributed by atoms with Crippen molar-refractivity contribution in [1.82, 2.24) is 4.98 Å². The molecule has 1 N–H and O–H groups in total. The molecule has 0 aliphatic rings. The number of aromatic nitrogens is 1. The van der Waals surface area contributed by atoms with Crippen molar-refractivity contribution in [1.29, 1.82) is 0 Å². The van der Waals surface area contributed by atoms with Crippen LogP contribution >= 0.6 is 0 Å². The van der Waals surface area contributed by atoms with Crippen LogP contribution in [0.5, 0.6) is 0 Å². The van der Waals surface area contributed by atoms with Crippen molar-refractivity contribution in [3.63, 3.8) is 0 Å². The van der Waals surface area contributed by atoms with Gasteiger partial charge in [0.2, 0.25) is 0 Å². The maximum absolute atomic E-state index is 3.93. The molecule has 1 heterocycles. The first-order chi connectivity index (χ1) is 8.62. The van der Waals surface area contributed by atoms with Gasteiger partial charge in [0.25, 0.3) is 0 Å². The zero-order valence-corrected chi connectivity index (χ0v) is 10.8. The molecule has 0 unspecified atom stereocenters. The molecule has 90 valence electrons. The van der Waals surface area contributed by atoms with E-state index in [1.807, 2.05) is 6.08 Å². The fourth-order valence-electron chi connectivity index (χ4n) is 2.37. The van der Waals surface area contributed by atoms with Crippen LogP contribution in [0.3, 0.4) is 0 Å². The molecule has 1 aromatic heterocycles. The Morgan fingerprint density at radius 3 is 2.50 bits per heavy atom. The number of fused-ring (bicyclic) bond motifs is 3. The van der Waals surface area contributed by atoms with Crippen LogP contribution in [-0.2, 0) is 5.41 Å². The van der Waals surface area contributed by atoms with Crippen molar-refractivity contribution in [3.05, 3.63) is 60.7 Å². The largest absolute Gasteiger partial charge is 0.355 e. The summed E-state index contributed by atoms with van der Waals surface area (Å²) in [5.41, 5.74) is 3.70. The summed E-state index contributed by atoms with van der Waals surface area (Å²) in [5, 5.41) is 2.58. The van der Waals surface area contributed by atoms with Gasteiger partial charge in [0, 0.05) is 27.2 Å². The Labute approximate surface area is 107 Å². The highest BCUT2D eigenvalue weighted by atomic mass is 14.7. The van der Waals surface area contributed by atoms with Gasteiger partial charge in [-0.15, -0.1) is 6.58 Å². The van der Waals surface area contributed by atoms with Gasteiger partial charge in [-0.1, -0.05) is 44.2 Å². The lowest BCUT2D eigenvalue weighted by molar-refractivity contribution is 0.673. The van der Waals surface area contributed by atoms with Gasteiger partial charge in [0.1, 0.15) is 0 Å². The molecule has 2 aromatic carbocycles. The summed E-state index contributed by atoms with van der Waals surface area (Å²) in [7, 11) is 0. The highest BCUT2D eigenvalue weighted by Gasteiger charge is 2.17. The monoisotopic (exact) mass is 235 g/mol. The van der Waals surface area contributed by atoms with E-state index < -0.39 is 0 Å². The lowest BCUT2D eigenvalue weighted by atomic mass is 9.84. The van der Waals surface area contributed by atoms with Crippen molar-refractivity contribution >= 4 is 21.8 Å². The average Bonchev–Trinajstić information content (AvgIpc) is 2.76. The minimum atomic E-state index is 0.00651. The van der Waals surface area contributed by atoms with Crippen molar-refractivity contribution in [2.45, 2.75) is 19.3 Å². The van der Waals surface area contributed by atoms with Crippen molar-refractivity contribution in [2.75, 3.05) is 0 Å². The van der Waals surface area contributed by atoms with Gasteiger partial charge >= 0.3 is 0 Å². The van der Waals surface area contributed by atoms with Crippen LogP contribution < -0.4 is 0 Å². The fourth-order valence-corrected chi connectivity index (χ4v) is 2.37. The predicted molar refractivity (Wildman–Crippen MR) is 79.0 cm³/mol. The highest BCUT2D eigenvalue weighted by molar-refractivity contribution is 6.07. The zero-order chi connectivity index (χ0) is 12.8. The normalized spacial score (nSPS) is 12.1. The van der Waals surface area contributed by atoms with Gasteiger partial charge in [-0.3, -0.25) is 0 Å². The maximum atomic E-state index is 3.93. The molecule has 0 spiro atoms. The summed E-state index contributed by atoms with van der Waals surface area (Å²) in [6.07, 6.45) is 2.00. The third-order valence-corrected chi connectivity index (χ3v) is 3.76. The Bertz CT molecular complexity index is 732. The SMILES string of the molecule is C=CC(C)(C)c1ccc2[nH]c3ccccc3c2c1. The first-order valence-electron chi connectivity index (χ1n) is 6.26. The molecule has 3 rings (SSSR count). The number of aromatic amines is 1. The van der Waals surface area contributed by atoms with Crippen LogP contribution in [0, 0.1) is 0 Å². The second-order valence-corrected chi connectivity index (χ2v) is 5.36. The van der Waals surface area contributed by atoms with Gasteiger partial charge in [0.15, 0.2) is 0 Å². The van der Waals surface area contributed by atoms with Gasteiger partial charge < -0.3 is 4.98 Å². The smallest absolute Gasteiger partial charge is 0.0465 e. The summed E-state index contributed by atoms with van der Waals surface area (Å²) >= 11 is 0. The third-order valence-electron chi connectivity index (χ3n) is 3.76. The lowest BCUT2D eigenvalue weighted by Gasteiger charge is -2.20. The third kappa shape index (κ3) is 1.55. The first kappa shape index (κ1) is 11.1. The van der Waals surface area contributed by atoms with Gasteiger partial charge in [0.05, 0.1) is 0 Å². The predicted octanol–water partition coefficient (Wildman–Crippen LogP) is 4.78. The second-order valence-electron chi connectivity index (χ2n) is 5.36. The molecule has 0 saturated heterocycles. The Balaban J connectivity index is 2.34. The Morgan fingerprint density at radius 2 is 1.72 bits per heavy atom. The molecule has 0 amide bonds. The first-order valence-corrected chi connectivity index (χ1v) is 6.26. The molecule has 0 aliphatic carbocycles. The molecule has 0 radical (unpaired) electrons. The van der Waals surface area contributed by atoms with E-state index in [0.29, 0.717) is 0 Å². The number of H-pyrrole nitrogens is 1. The minimum absolute atomic E-state index is 0.00651. The average molecular weight is 235 g/mol. The Morgan fingerprint density at radius 1 is 1.00 bits per heavy atom. The number of hydrogen-bond acceptors (Lipinski definition) is 0. The van der Waals surface area contributed by atoms with Crippen LogP contribution in [0.15, 0.2) is 55.1 Å². The molecule has 1 heteroatoms. The van der Waals surface area contributed by atoms with Crippen LogP contribution in [-0.4, -0.2) is 4.98 Å². The van der Waals surface area contributed by atoms with Gasteiger partial charge in [-0.05, 0) is 23.8 Å². The van der Waals surface area contributed by atoms with E-state index >= 15 is 0 Å². The van der Waals surface area contributed by atoms with Crippen LogP contribution in [0.1, 0.15) is 19.4 Å². The summed E-state index contributed by atoms with van der Waals surface area (Å²) in [4.78, 5) is 3.45. The molecular formula is C17H17N. The molecule has 0 fully saturated rings. The molecule has 0 bridgehead atoms. The van der Waals surface area contributed by atoms with E-state index in [2.05, 4.69) is 67.9 Å². The van der Waals surface area contributed by atoms with E-state index in [1.54, 1.807) is 0 Å².